The summed E-state index contributed by atoms with van der Waals surface area (Å²) in [5.41, 5.74) is 1.54. The van der Waals surface area contributed by atoms with Gasteiger partial charge in [-0.1, -0.05) is 0 Å². The van der Waals surface area contributed by atoms with Crippen LogP contribution in [0.4, 0.5) is 5.69 Å². The molecule has 1 atom stereocenters. The van der Waals surface area contributed by atoms with Crippen molar-refractivity contribution in [3.63, 3.8) is 0 Å². The largest absolute Gasteiger partial charge is 0.454 e. The third kappa shape index (κ3) is 5.47. The van der Waals surface area contributed by atoms with Gasteiger partial charge in [-0.2, -0.15) is 11.3 Å². The Bertz CT molecular complexity index is 811. The zero-order chi connectivity index (χ0) is 17.7. The van der Waals surface area contributed by atoms with Crippen molar-refractivity contribution in [2.45, 2.75) is 19.4 Å². The number of anilines is 1. The van der Waals surface area contributed by atoms with Crippen LogP contribution >= 0.6 is 11.3 Å². The van der Waals surface area contributed by atoms with Crippen molar-refractivity contribution in [2.75, 3.05) is 11.0 Å². The molecule has 1 aromatic heterocycles. The Kier molecular flexibility index (Phi) is 5.74. The molecule has 8 heteroatoms. The van der Waals surface area contributed by atoms with Gasteiger partial charge in [-0.15, -0.1) is 0 Å². The highest BCUT2D eigenvalue weighted by molar-refractivity contribution is 7.92. The third-order valence-electron chi connectivity index (χ3n) is 3.08. The fourth-order valence-corrected chi connectivity index (χ4v) is 3.24. The van der Waals surface area contributed by atoms with Crippen LogP contribution in [-0.2, 0) is 26.0 Å². The van der Waals surface area contributed by atoms with Crippen LogP contribution in [0.1, 0.15) is 22.8 Å². The molecule has 1 aromatic carbocycles. The van der Waals surface area contributed by atoms with Crippen LogP contribution in [0, 0.1) is 0 Å². The minimum Gasteiger partial charge on any atom is -0.454 e. The Labute approximate surface area is 144 Å². The number of Topliss-reactive ketones (excluding diaryl/α,β-unsaturated/α-hetero) is 1. The predicted molar refractivity (Wildman–Crippen MR) is 92.8 cm³/mol. The summed E-state index contributed by atoms with van der Waals surface area (Å²) in [6.45, 7) is 1.51. The Morgan fingerprint density at radius 1 is 1.21 bits per heavy atom. The van der Waals surface area contributed by atoms with E-state index >= 15 is 0 Å². The molecule has 0 bridgehead atoms. The van der Waals surface area contributed by atoms with E-state index in [1.54, 1.807) is 0 Å². The molecule has 0 radical (unpaired) electrons. The molecule has 6 nitrogen and oxygen atoms in total. The number of sulfonamides is 1. The lowest BCUT2D eigenvalue weighted by atomic mass is 10.1. The van der Waals surface area contributed by atoms with E-state index in [-0.39, 0.29) is 12.2 Å². The van der Waals surface area contributed by atoms with Crippen molar-refractivity contribution in [3.8, 4) is 0 Å². The molecular formula is C16H17NO5S2. The molecule has 0 saturated carbocycles. The molecule has 1 unspecified atom stereocenters. The predicted octanol–water partition coefficient (Wildman–Crippen LogP) is 2.48. The van der Waals surface area contributed by atoms with E-state index in [2.05, 4.69) is 4.72 Å². The molecular weight excluding hydrogens is 350 g/mol. The summed E-state index contributed by atoms with van der Waals surface area (Å²) in [7, 11) is -3.37. The molecule has 0 aliphatic carbocycles. The molecule has 0 spiro atoms. The maximum Gasteiger partial charge on any atom is 0.311 e. The minimum absolute atomic E-state index is 0.123. The highest BCUT2D eigenvalue weighted by Crippen LogP contribution is 2.14. The number of hydrogen-bond acceptors (Lipinski definition) is 6. The number of esters is 1. The highest BCUT2D eigenvalue weighted by Gasteiger charge is 2.19. The van der Waals surface area contributed by atoms with Gasteiger partial charge in [-0.3, -0.25) is 14.3 Å². The first-order valence-corrected chi connectivity index (χ1v) is 9.90. The van der Waals surface area contributed by atoms with E-state index in [1.165, 1.54) is 42.5 Å². The molecule has 24 heavy (non-hydrogen) atoms. The summed E-state index contributed by atoms with van der Waals surface area (Å²) in [5, 5.41) is 3.71. The first-order valence-electron chi connectivity index (χ1n) is 7.07. The normalized spacial score (nSPS) is 12.4. The van der Waals surface area contributed by atoms with Crippen LogP contribution in [0.3, 0.4) is 0 Å². The van der Waals surface area contributed by atoms with E-state index in [0.717, 1.165) is 11.8 Å². The van der Waals surface area contributed by atoms with E-state index in [1.807, 2.05) is 16.8 Å². The Hall–Kier alpha value is -2.19. The first-order chi connectivity index (χ1) is 11.2. The standard InChI is InChI=1S/C16H17NO5S2/c1-11(22-15(18)9-12-7-8-23-10-12)16(19)13-3-5-14(6-4-13)17-24(2,20)21/h3-8,10-11,17H,9H2,1-2H3. The smallest absolute Gasteiger partial charge is 0.311 e. The number of nitrogens with one attached hydrogen (secondary N) is 1. The van der Waals surface area contributed by atoms with E-state index in [4.69, 9.17) is 4.74 Å². The van der Waals surface area contributed by atoms with Crippen molar-refractivity contribution in [1.82, 2.24) is 0 Å². The third-order valence-corrected chi connectivity index (χ3v) is 4.42. The van der Waals surface area contributed by atoms with Gasteiger partial charge in [0.25, 0.3) is 0 Å². The number of carbonyl (C=O) groups is 2. The Balaban J connectivity index is 1.96. The zero-order valence-electron chi connectivity index (χ0n) is 13.2. The summed E-state index contributed by atoms with van der Waals surface area (Å²) < 4.78 is 29.8. The summed E-state index contributed by atoms with van der Waals surface area (Å²) in [6, 6.07) is 7.76. The number of rotatable bonds is 7. The summed E-state index contributed by atoms with van der Waals surface area (Å²) >= 11 is 1.49. The molecule has 2 aromatic rings. The maximum atomic E-state index is 12.3. The number of hydrogen-bond donors (Lipinski definition) is 1. The Morgan fingerprint density at radius 3 is 2.42 bits per heavy atom. The van der Waals surface area contributed by atoms with Gasteiger partial charge in [-0.05, 0) is 53.6 Å². The van der Waals surface area contributed by atoms with Gasteiger partial charge >= 0.3 is 5.97 Å². The van der Waals surface area contributed by atoms with Crippen LogP contribution in [0.25, 0.3) is 0 Å². The lowest BCUT2D eigenvalue weighted by molar-refractivity contribution is -0.145. The fraction of sp³-hybridized carbons (Fsp3) is 0.250. The summed E-state index contributed by atoms with van der Waals surface area (Å²) in [6.07, 6.45) is 0.254. The number of carbonyl (C=O) groups excluding carboxylic acids is 2. The van der Waals surface area contributed by atoms with E-state index < -0.39 is 22.1 Å². The minimum atomic E-state index is -3.37. The molecule has 1 N–H and O–H groups in total. The second-order valence-corrected chi connectivity index (χ2v) is 7.78. The number of ether oxygens (including phenoxy) is 1. The number of ketones is 1. The molecule has 0 saturated heterocycles. The van der Waals surface area contributed by atoms with Gasteiger partial charge < -0.3 is 4.74 Å². The van der Waals surface area contributed by atoms with Crippen molar-refractivity contribution in [3.05, 3.63) is 52.2 Å². The summed E-state index contributed by atoms with van der Waals surface area (Å²) in [4.78, 5) is 24.1. The Morgan fingerprint density at radius 2 is 1.88 bits per heavy atom. The lowest BCUT2D eigenvalue weighted by Crippen LogP contribution is -2.25. The molecule has 2 rings (SSSR count). The lowest BCUT2D eigenvalue weighted by Gasteiger charge is -2.12. The van der Waals surface area contributed by atoms with Crippen LogP contribution in [0.2, 0.25) is 0 Å². The van der Waals surface area contributed by atoms with Crippen molar-refractivity contribution < 1.29 is 22.7 Å². The molecule has 1 heterocycles. The van der Waals surface area contributed by atoms with Crippen molar-refractivity contribution in [1.29, 1.82) is 0 Å². The highest BCUT2D eigenvalue weighted by atomic mass is 32.2. The van der Waals surface area contributed by atoms with Gasteiger partial charge in [0.15, 0.2) is 6.10 Å². The topological polar surface area (TPSA) is 89.5 Å². The van der Waals surface area contributed by atoms with Crippen LogP contribution < -0.4 is 4.72 Å². The molecule has 0 amide bonds. The monoisotopic (exact) mass is 367 g/mol. The molecule has 0 aliphatic rings. The zero-order valence-corrected chi connectivity index (χ0v) is 14.8. The SMILES string of the molecule is CC(OC(=O)Cc1ccsc1)C(=O)c1ccc(NS(C)(=O)=O)cc1. The second kappa shape index (κ2) is 7.59. The van der Waals surface area contributed by atoms with Crippen LogP contribution in [-0.4, -0.2) is 32.5 Å². The molecule has 0 fully saturated rings. The van der Waals surface area contributed by atoms with Gasteiger partial charge in [0.05, 0.1) is 12.7 Å². The molecule has 128 valence electrons. The number of thiophene rings is 1. The second-order valence-electron chi connectivity index (χ2n) is 5.26. The first kappa shape index (κ1) is 18.2. The fourth-order valence-electron chi connectivity index (χ4n) is 2.00. The van der Waals surface area contributed by atoms with Gasteiger partial charge in [0, 0.05) is 11.3 Å². The maximum absolute atomic E-state index is 12.3. The van der Waals surface area contributed by atoms with E-state index in [9.17, 15) is 18.0 Å². The van der Waals surface area contributed by atoms with Crippen molar-refractivity contribution in [2.24, 2.45) is 0 Å². The van der Waals surface area contributed by atoms with Gasteiger partial charge in [0.2, 0.25) is 15.8 Å². The summed E-state index contributed by atoms with van der Waals surface area (Å²) in [5.74, 6) is -0.816. The van der Waals surface area contributed by atoms with E-state index in [0.29, 0.717) is 11.3 Å². The number of benzene rings is 1. The van der Waals surface area contributed by atoms with Crippen LogP contribution in [0.5, 0.6) is 0 Å². The van der Waals surface area contributed by atoms with Crippen molar-refractivity contribution >= 4 is 38.8 Å². The molecule has 0 aliphatic heterocycles. The quantitative estimate of drug-likeness (QED) is 0.600. The average molecular weight is 367 g/mol. The van der Waals surface area contributed by atoms with Gasteiger partial charge in [0.1, 0.15) is 0 Å². The van der Waals surface area contributed by atoms with Gasteiger partial charge in [-0.25, -0.2) is 8.42 Å². The average Bonchev–Trinajstić information content (AvgIpc) is 2.98. The van der Waals surface area contributed by atoms with Crippen LogP contribution in [0.15, 0.2) is 41.1 Å².